The van der Waals surface area contributed by atoms with Crippen LogP contribution in [0.25, 0.3) is 22.4 Å². The number of para-hydroxylation sites is 1. The van der Waals surface area contributed by atoms with Crippen molar-refractivity contribution in [1.82, 2.24) is 10.1 Å². The molecule has 4 rings (SSSR count). The first-order chi connectivity index (χ1) is 14.9. The lowest BCUT2D eigenvalue weighted by Crippen LogP contribution is -2.30. The van der Waals surface area contributed by atoms with Gasteiger partial charge in [0.1, 0.15) is 0 Å². The summed E-state index contributed by atoms with van der Waals surface area (Å²) in [5.41, 5.74) is 2.72. The van der Waals surface area contributed by atoms with Crippen LogP contribution in [0.2, 0.25) is 5.02 Å². The Balaban J connectivity index is 1.61. The number of halogens is 1. The lowest BCUT2D eigenvalue weighted by Gasteiger charge is -2.15. The number of nitrogens with one attached hydrogen (secondary N) is 1. The number of rotatable bonds is 5. The first-order valence-corrected chi connectivity index (χ1v) is 9.90. The lowest BCUT2D eigenvalue weighted by atomic mass is 10.1. The van der Waals surface area contributed by atoms with Gasteiger partial charge in [0.15, 0.2) is 6.10 Å². The molecule has 1 N–H and O–H groups in total. The van der Waals surface area contributed by atoms with E-state index in [0.29, 0.717) is 27.5 Å². The molecule has 1 amide bonds. The number of aromatic nitrogens is 2. The van der Waals surface area contributed by atoms with Crippen LogP contribution in [0.5, 0.6) is 0 Å². The van der Waals surface area contributed by atoms with E-state index in [1.807, 2.05) is 30.3 Å². The van der Waals surface area contributed by atoms with Crippen molar-refractivity contribution in [2.45, 2.75) is 20.0 Å². The molecule has 7 nitrogen and oxygen atoms in total. The highest BCUT2D eigenvalue weighted by molar-refractivity contribution is 6.33. The van der Waals surface area contributed by atoms with Gasteiger partial charge in [-0.3, -0.25) is 4.79 Å². The molecule has 0 bridgehead atoms. The van der Waals surface area contributed by atoms with Crippen LogP contribution < -0.4 is 5.32 Å². The number of anilines is 1. The van der Waals surface area contributed by atoms with Gasteiger partial charge in [0.2, 0.25) is 0 Å². The zero-order valence-corrected chi connectivity index (χ0v) is 17.5. The van der Waals surface area contributed by atoms with E-state index in [4.69, 9.17) is 20.9 Å². The molecule has 2 aromatic carbocycles. The minimum atomic E-state index is -1.06. The van der Waals surface area contributed by atoms with Crippen LogP contribution in [0.1, 0.15) is 23.0 Å². The van der Waals surface area contributed by atoms with Gasteiger partial charge in [0, 0.05) is 5.56 Å². The summed E-state index contributed by atoms with van der Waals surface area (Å²) in [7, 11) is 0. The number of hydrogen-bond acceptors (Lipinski definition) is 6. The average Bonchev–Trinajstić information content (AvgIpc) is 3.16. The molecule has 0 fully saturated rings. The van der Waals surface area contributed by atoms with Gasteiger partial charge in [-0.25, -0.2) is 9.78 Å². The Bertz CT molecular complexity index is 1270. The van der Waals surface area contributed by atoms with Gasteiger partial charge in [-0.2, -0.15) is 0 Å². The Morgan fingerprint density at radius 2 is 1.81 bits per heavy atom. The Hall–Kier alpha value is -3.71. The Morgan fingerprint density at radius 3 is 2.55 bits per heavy atom. The third kappa shape index (κ3) is 4.27. The van der Waals surface area contributed by atoms with Crippen molar-refractivity contribution < 1.29 is 18.8 Å². The molecule has 0 aliphatic carbocycles. The molecule has 1 atom stereocenters. The van der Waals surface area contributed by atoms with Crippen LogP contribution in [-0.2, 0) is 9.53 Å². The summed E-state index contributed by atoms with van der Waals surface area (Å²) in [6.45, 7) is 3.20. The van der Waals surface area contributed by atoms with Crippen molar-refractivity contribution in [2.24, 2.45) is 0 Å². The van der Waals surface area contributed by atoms with Gasteiger partial charge in [-0.1, -0.05) is 59.2 Å². The van der Waals surface area contributed by atoms with Gasteiger partial charge < -0.3 is 14.6 Å². The number of fused-ring (bicyclic) bond motifs is 1. The largest absolute Gasteiger partial charge is 0.449 e. The minimum absolute atomic E-state index is 0.221. The van der Waals surface area contributed by atoms with Gasteiger partial charge in [-0.15, -0.1) is 0 Å². The topological polar surface area (TPSA) is 94.3 Å². The summed E-state index contributed by atoms with van der Waals surface area (Å²) in [6.07, 6.45) is -1.06. The van der Waals surface area contributed by atoms with E-state index in [2.05, 4.69) is 15.5 Å². The van der Waals surface area contributed by atoms with Crippen LogP contribution >= 0.6 is 11.6 Å². The van der Waals surface area contributed by atoms with E-state index in [0.717, 1.165) is 5.56 Å². The molecule has 2 heterocycles. The second-order valence-corrected chi connectivity index (χ2v) is 7.29. The first kappa shape index (κ1) is 20.6. The van der Waals surface area contributed by atoms with Crippen molar-refractivity contribution in [2.75, 3.05) is 5.32 Å². The van der Waals surface area contributed by atoms with Gasteiger partial charge >= 0.3 is 5.97 Å². The highest BCUT2D eigenvalue weighted by Gasteiger charge is 2.24. The SMILES string of the molecule is Cc1noc2nc(-c3ccccc3)cc(C(=O)OC(C)C(=O)Nc3ccccc3Cl)c12. The van der Waals surface area contributed by atoms with E-state index < -0.39 is 18.0 Å². The molecule has 0 aliphatic rings. The number of ether oxygens (including phenoxy) is 1. The molecule has 1 unspecified atom stereocenters. The molecular formula is C23H18ClN3O4. The van der Waals surface area contributed by atoms with Crippen LogP contribution in [0, 0.1) is 6.92 Å². The van der Waals surface area contributed by atoms with Crippen molar-refractivity contribution in [3.8, 4) is 11.3 Å². The van der Waals surface area contributed by atoms with Crippen molar-refractivity contribution in [3.05, 3.63) is 76.9 Å². The van der Waals surface area contributed by atoms with E-state index in [-0.39, 0.29) is 11.3 Å². The molecule has 0 saturated heterocycles. The number of pyridine rings is 1. The number of benzene rings is 2. The number of nitrogens with zero attached hydrogens (tertiary/aromatic N) is 2. The fourth-order valence-corrected chi connectivity index (χ4v) is 3.27. The number of hydrogen-bond donors (Lipinski definition) is 1. The number of esters is 1. The standard InChI is InChI=1S/C23H18ClN3O4/c1-13-20-16(12-19(26-22(20)31-27-13)15-8-4-3-5-9-15)23(29)30-14(2)21(28)25-18-11-7-6-10-17(18)24/h3-12,14H,1-2H3,(H,25,28). The van der Waals surface area contributed by atoms with Crippen LogP contribution in [0.3, 0.4) is 0 Å². The quantitative estimate of drug-likeness (QED) is 0.441. The van der Waals surface area contributed by atoms with E-state index in [1.54, 1.807) is 37.3 Å². The number of amides is 1. The smallest absolute Gasteiger partial charge is 0.339 e. The third-order valence-electron chi connectivity index (χ3n) is 4.69. The van der Waals surface area contributed by atoms with Crippen molar-refractivity contribution in [3.63, 3.8) is 0 Å². The third-order valence-corrected chi connectivity index (χ3v) is 5.02. The van der Waals surface area contributed by atoms with Crippen molar-refractivity contribution >= 4 is 40.3 Å². The molecule has 0 radical (unpaired) electrons. The summed E-state index contributed by atoms with van der Waals surface area (Å²) in [4.78, 5) is 30.0. The predicted octanol–water partition coefficient (Wildman–Crippen LogP) is 5.04. The fraction of sp³-hybridized carbons (Fsp3) is 0.130. The Labute approximate surface area is 183 Å². The maximum absolute atomic E-state index is 13.0. The van der Waals surface area contributed by atoms with Crippen molar-refractivity contribution in [1.29, 1.82) is 0 Å². The normalized spacial score (nSPS) is 11.8. The summed E-state index contributed by atoms with van der Waals surface area (Å²) in [5.74, 6) is -1.19. The number of carbonyl (C=O) groups is 2. The maximum Gasteiger partial charge on any atom is 0.339 e. The summed E-state index contributed by atoms with van der Waals surface area (Å²) in [5, 5.41) is 7.40. The predicted molar refractivity (Wildman–Crippen MR) is 117 cm³/mol. The van der Waals surface area contributed by atoms with Gasteiger partial charge in [0.05, 0.1) is 33.0 Å². The van der Waals surface area contributed by atoms with E-state index in [9.17, 15) is 9.59 Å². The molecule has 0 spiro atoms. The molecule has 8 heteroatoms. The highest BCUT2D eigenvalue weighted by atomic mass is 35.5. The van der Waals surface area contributed by atoms with Gasteiger partial charge in [-0.05, 0) is 32.0 Å². The second kappa shape index (κ2) is 8.57. The monoisotopic (exact) mass is 435 g/mol. The summed E-state index contributed by atoms with van der Waals surface area (Å²) < 4.78 is 10.7. The van der Waals surface area contributed by atoms with E-state index >= 15 is 0 Å². The number of carbonyl (C=O) groups excluding carboxylic acids is 2. The molecular weight excluding hydrogens is 418 g/mol. The molecule has 156 valence electrons. The lowest BCUT2D eigenvalue weighted by molar-refractivity contribution is -0.123. The molecule has 31 heavy (non-hydrogen) atoms. The molecule has 2 aromatic heterocycles. The van der Waals surface area contributed by atoms with Crippen LogP contribution in [0.15, 0.2) is 65.2 Å². The van der Waals surface area contributed by atoms with E-state index in [1.165, 1.54) is 6.92 Å². The first-order valence-electron chi connectivity index (χ1n) is 9.53. The second-order valence-electron chi connectivity index (χ2n) is 6.89. The van der Waals surface area contributed by atoms with Crippen LogP contribution in [0.4, 0.5) is 5.69 Å². The fourth-order valence-electron chi connectivity index (χ4n) is 3.09. The zero-order valence-electron chi connectivity index (χ0n) is 16.8. The Morgan fingerprint density at radius 1 is 1.10 bits per heavy atom. The summed E-state index contributed by atoms with van der Waals surface area (Å²) in [6, 6.07) is 17.8. The molecule has 0 saturated carbocycles. The van der Waals surface area contributed by atoms with Crippen LogP contribution in [-0.4, -0.2) is 28.1 Å². The van der Waals surface area contributed by atoms with Gasteiger partial charge in [0.25, 0.3) is 11.6 Å². The highest BCUT2D eigenvalue weighted by Crippen LogP contribution is 2.28. The maximum atomic E-state index is 13.0. The number of aryl methyl sites for hydroxylation is 1. The average molecular weight is 436 g/mol. The molecule has 0 aliphatic heterocycles. The zero-order chi connectivity index (χ0) is 22.0. The Kier molecular flexibility index (Phi) is 5.68. The molecule has 4 aromatic rings. The summed E-state index contributed by atoms with van der Waals surface area (Å²) >= 11 is 6.07. The minimum Gasteiger partial charge on any atom is -0.449 e.